The van der Waals surface area contributed by atoms with Crippen molar-refractivity contribution in [2.75, 3.05) is 7.05 Å². The largest absolute Gasteiger partial charge is 0.339 e. The van der Waals surface area contributed by atoms with E-state index in [0.717, 1.165) is 51.9 Å². The number of pyridine rings is 2. The summed E-state index contributed by atoms with van der Waals surface area (Å²) in [5, 5.41) is 4.30. The molecule has 0 aliphatic rings. The lowest BCUT2D eigenvalue weighted by atomic mass is 9.98. The van der Waals surface area contributed by atoms with Gasteiger partial charge in [0, 0.05) is 30.5 Å². The van der Waals surface area contributed by atoms with Crippen LogP contribution < -0.4 is 5.73 Å². The number of H-pyrrole nitrogens is 1. The Morgan fingerprint density at radius 3 is 2.51 bits per heavy atom. The molecule has 0 fully saturated rings. The minimum Gasteiger partial charge on any atom is -0.339 e. The van der Waals surface area contributed by atoms with Crippen LogP contribution in [0.5, 0.6) is 0 Å². The van der Waals surface area contributed by atoms with Crippen LogP contribution in [0.15, 0.2) is 91.4 Å². The first-order valence-corrected chi connectivity index (χ1v) is 13.0. The first-order chi connectivity index (χ1) is 19.1. The zero-order chi connectivity index (χ0) is 26.8. The van der Waals surface area contributed by atoms with Crippen LogP contribution in [0.2, 0.25) is 0 Å². The third-order valence-corrected chi connectivity index (χ3v) is 6.82. The third kappa shape index (κ3) is 5.20. The summed E-state index contributed by atoms with van der Waals surface area (Å²) in [7, 11) is 2.11. The number of benzene rings is 2. The van der Waals surface area contributed by atoms with Gasteiger partial charge < -0.3 is 10.7 Å². The Labute approximate surface area is 227 Å². The van der Waals surface area contributed by atoms with Crippen LogP contribution in [0.3, 0.4) is 0 Å². The Morgan fingerprint density at radius 1 is 0.872 bits per heavy atom. The minimum absolute atomic E-state index is 0.544. The molecule has 6 aromatic rings. The van der Waals surface area contributed by atoms with Gasteiger partial charge in [-0.05, 0) is 60.5 Å². The van der Waals surface area contributed by atoms with Crippen LogP contribution in [-0.2, 0) is 19.6 Å². The Kier molecular flexibility index (Phi) is 6.71. The van der Waals surface area contributed by atoms with Crippen molar-refractivity contribution in [3.63, 3.8) is 0 Å². The standard InChI is InChI=1S/C31H30N8/c1-21-6-5-9-27(35-21)31-30(25-14-15-29-33-20-34-39(29)18-25)36-28(37-31)19-38(2)17-24-7-3-4-8-26(24)23-12-10-22(16-32)11-13-23/h3-15,18,20H,16-17,19,32H2,1-2H3,(H,36,37). The van der Waals surface area contributed by atoms with Crippen molar-refractivity contribution >= 4 is 5.65 Å². The summed E-state index contributed by atoms with van der Waals surface area (Å²) in [6.07, 6.45) is 3.51. The number of aryl methyl sites for hydroxylation is 1. The summed E-state index contributed by atoms with van der Waals surface area (Å²) in [6, 6.07) is 27.0. The zero-order valence-corrected chi connectivity index (χ0v) is 22.0. The topological polar surface area (TPSA) is 101 Å². The predicted molar refractivity (Wildman–Crippen MR) is 153 cm³/mol. The molecule has 0 bridgehead atoms. The van der Waals surface area contributed by atoms with E-state index in [4.69, 9.17) is 15.7 Å². The molecule has 4 aromatic heterocycles. The number of nitrogens with one attached hydrogen (secondary N) is 1. The molecule has 0 radical (unpaired) electrons. The molecule has 0 unspecified atom stereocenters. The second-order valence-corrected chi connectivity index (χ2v) is 9.78. The molecule has 3 N–H and O–H groups in total. The summed E-state index contributed by atoms with van der Waals surface area (Å²) in [5.41, 5.74) is 15.9. The summed E-state index contributed by atoms with van der Waals surface area (Å²) in [6.45, 7) is 3.96. The molecule has 8 heteroatoms. The van der Waals surface area contributed by atoms with E-state index >= 15 is 0 Å². The van der Waals surface area contributed by atoms with Gasteiger partial charge in [0.15, 0.2) is 5.65 Å². The molecule has 0 saturated heterocycles. The Balaban J connectivity index is 1.30. The van der Waals surface area contributed by atoms with Crippen LogP contribution in [0, 0.1) is 6.92 Å². The number of fused-ring (bicyclic) bond motifs is 1. The first kappa shape index (κ1) is 24.7. The molecular formula is C31H30N8. The van der Waals surface area contributed by atoms with Crippen molar-refractivity contribution in [2.24, 2.45) is 5.73 Å². The molecule has 4 heterocycles. The highest BCUT2D eigenvalue weighted by Crippen LogP contribution is 2.30. The quantitative estimate of drug-likeness (QED) is 0.288. The van der Waals surface area contributed by atoms with E-state index in [1.165, 1.54) is 16.7 Å². The van der Waals surface area contributed by atoms with Gasteiger partial charge in [0.1, 0.15) is 12.2 Å². The maximum absolute atomic E-state index is 5.79. The average molecular weight is 515 g/mol. The van der Waals surface area contributed by atoms with Gasteiger partial charge in [0.25, 0.3) is 0 Å². The number of aromatic nitrogens is 6. The van der Waals surface area contributed by atoms with E-state index in [9.17, 15) is 0 Å². The molecule has 6 rings (SSSR count). The van der Waals surface area contributed by atoms with E-state index in [1.807, 2.05) is 43.5 Å². The van der Waals surface area contributed by atoms with Crippen molar-refractivity contribution in [3.8, 4) is 33.8 Å². The van der Waals surface area contributed by atoms with Gasteiger partial charge in [-0.15, -0.1) is 0 Å². The molecule has 0 aliphatic carbocycles. The summed E-state index contributed by atoms with van der Waals surface area (Å²) >= 11 is 0. The molecule has 0 amide bonds. The van der Waals surface area contributed by atoms with Crippen molar-refractivity contribution in [2.45, 2.75) is 26.6 Å². The fraction of sp³-hybridized carbons (Fsp3) is 0.161. The normalized spacial score (nSPS) is 11.5. The number of imidazole rings is 1. The second-order valence-electron chi connectivity index (χ2n) is 9.78. The number of nitrogens with zero attached hydrogens (tertiary/aromatic N) is 6. The minimum atomic E-state index is 0.544. The maximum Gasteiger partial charge on any atom is 0.155 e. The van der Waals surface area contributed by atoms with Gasteiger partial charge in [0.05, 0.1) is 23.6 Å². The van der Waals surface area contributed by atoms with Gasteiger partial charge >= 0.3 is 0 Å². The fourth-order valence-corrected chi connectivity index (χ4v) is 4.89. The SMILES string of the molecule is Cc1cccc(-c2[nH]c(CN(C)Cc3ccccc3-c3ccc(CN)cc3)nc2-c2ccc3ncnn3c2)n1. The van der Waals surface area contributed by atoms with Gasteiger partial charge in [-0.25, -0.2) is 14.5 Å². The Bertz CT molecular complexity index is 1730. The maximum atomic E-state index is 5.79. The summed E-state index contributed by atoms with van der Waals surface area (Å²) in [5.74, 6) is 0.870. The third-order valence-electron chi connectivity index (χ3n) is 6.82. The monoisotopic (exact) mass is 514 g/mol. The van der Waals surface area contributed by atoms with E-state index in [2.05, 4.69) is 75.5 Å². The molecule has 0 saturated carbocycles. The van der Waals surface area contributed by atoms with Gasteiger partial charge in [0.2, 0.25) is 0 Å². The summed E-state index contributed by atoms with van der Waals surface area (Å²) in [4.78, 5) is 19.9. The highest BCUT2D eigenvalue weighted by atomic mass is 15.3. The van der Waals surface area contributed by atoms with Crippen LogP contribution in [0.4, 0.5) is 0 Å². The zero-order valence-electron chi connectivity index (χ0n) is 22.0. The molecule has 194 valence electrons. The number of hydrogen-bond donors (Lipinski definition) is 2. The van der Waals surface area contributed by atoms with E-state index in [-0.39, 0.29) is 0 Å². The smallest absolute Gasteiger partial charge is 0.155 e. The molecule has 2 aromatic carbocycles. The molecule has 0 atom stereocenters. The van der Waals surface area contributed by atoms with E-state index < -0.39 is 0 Å². The van der Waals surface area contributed by atoms with E-state index in [0.29, 0.717) is 13.1 Å². The van der Waals surface area contributed by atoms with Gasteiger partial charge in [-0.2, -0.15) is 5.10 Å². The Hall–Kier alpha value is -4.66. The molecule has 0 spiro atoms. The Morgan fingerprint density at radius 2 is 1.69 bits per heavy atom. The lowest BCUT2D eigenvalue weighted by Crippen LogP contribution is -2.18. The number of rotatable bonds is 8. The van der Waals surface area contributed by atoms with Crippen LogP contribution >= 0.6 is 0 Å². The van der Waals surface area contributed by atoms with Gasteiger partial charge in [-0.1, -0.05) is 54.6 Å². The molecule has 39 heavy (non-hydrogen) atoms. The van der Waals surface area contributed by atoms with Crippen LogP contribution in [-0.4, -0.2) is 41.5 Å². The molecule has 8 nitrogen and oxygen atoms in total. The molecule has 0 aliphatic heterocycles. The lowest BCUT2D eigenvalue weighted by Gasteiger charge is -2.18. The fourth-order valence-electron chi connectivity index (χ4n) is 4.89. The van der Waals surface area contributed by atoms with Crippen molar-refractivity contribution < 1.29 is 0 Å². The average Bonchev–Trinajstić information content (AvgIpc) is 3.60. The van der Waals surface area contributed by atoms with Crippen LogP contribution in [0.25, 0.3) is 39.4 Å². The molecular weight excluding hydrogens is 484 g/mol. The lowest BCUT2D eigenvalue weighted by molar-refractivity contribution is 0.312. The number of aromatic amines is 1. The van der Waals surface area contributed by atoms with Crippen molar-refractivity contribution in [1.29, 1.82) is 0 Å². The second kappa shape index (κ2) is 10.6. The summed E-state index contributed by atoms with van der Waals surface area (Å²) < 4.78 is 1.76. The highest BCUT2D eigenvalue weighted by molar-refractivity contribution is 5.77. The van der Waals surface area contributed by atoms with Crippen molar-refractivity contribution in [3.05, 3.63) is 114 Å². The van der Waals surface area contributed by atoms with Crippen LogP contribution in [0.1, 0.15) is 22.6 Å². The number of hydrogen-bond acceptors (Lipinski definition) is 6. The van der Waals surface area contributed by atoms with Gasteiger partial charge in [-0.3, -0.25) is 9.88 Å². The predicted octanol–water partition coefficient (Wildman–Crippen LogP) is 5.25. The van der Waals surface area contributed by atoms with E-state index in [1.54, 1.807) is 10.8 Å². The van der Waals surface area contributed by atoms with Crippen molar-refractivity contribution in [1.82, 2.24) is 34.4 Å². The first-order valence-electron chi connectivity index (χ1n) is 13.0. The number of nitrogens with two attached hydrogens (primary N) is 1. The highest BCUT2D eigenvalue weighted by Gasteiger charge is 2.18.